The minimum atomic E-state index is -0.584. The molecule has 3 rings (SSSR count). The van der Waals surface area contributed by atoms with Crippen LogP contribution in [0.5, 0.6) is 0 Å². The van der Waals surface area contributed by atoms with Gasteiger partial charge in [-0.05, 0) is 82.1 Å². The molecule has 2 N–H and O–H groups in total. The Balaban J connectivity index is 1.81. The maximum absolute atomic E-state index is 12.7. The zero-order valence-corrected chi connectivity index (χ0v) is 22.3. The van der Waals surface area contributed by atoms with E-state index >= 15 is 0 Å². The minimum absolute atomic E-state index is 0.193. The molecular weight excluding hydrogens is 558 g/mol. The van der Waals surface area contributed by atoms with Crippen LogP contribution in [0.15, 0.2) is 56.4 Å². The van der Waals surface area contributed by atoms with E-state index in [0.29, 0.717) is 16.4 Å². The lowest BCUT2D eigenvalue weighted by atomic mass is 9.89. The second-order valence-corrected chi connectivity index (χ2v) is 11.5. The zero-order chi connectivity index (χ0) is 23.5. The van der Waals surface area contributed by atoms with E-state index in [1.807, 2.05) is 58.0 Å². The van der Waals surface area contributed by atoms with E-state index in [2.05, 4.69) is 42.5 Å². The number of aliphatic imine (C=N–C) groups is 1. The van der Waals surface area contributed by atoms with Crippen molar-refractivity contribution in [2.75, 3.05) is 11.1 Å². The number of halogens is 2. The summed E-state index contributed by atoms with van der Waals surface area (Å²) < 4.78 is 7.09. The van der Waals surface area contributed by atoms with Gasteiger partial charge in [0.05, 0.1) is 5.54 Å². The Bertz CT molecular complexity index is 1050. The van der Waals surface area contributed by atoms with Gasteiger partial charge in [0.15, 0.2) is 5.17 Å². The summed E-state index contributed by atoms with van der Waals surface area (Å²) in [6, 6.07) is 12.9. The molecule has 1 aliphatic heterocycles. The fraction of sp³-hybridized carbons (Fsp3) is 0.348. The SMILES string of the molecule is CC(C)(C)OC(=O)NC1=NC(C)(c2cc(Br)cc(NC(=O)c3ccc(Br)cc3)c2)CCS1. The van der Waals surface area contributed by atoms with E-state index in [-0.39, 0.29) is 5.91 Å². The van der Waals surface area contributed by atoms with Crippen LogP contribution in [0, 0.1) is 0 Å². The van der Waals surface area contributed by atoms with Gasteiger partial charge in [0.25, 0.3) is 5.91 Å². The lowest BCUT2D eigenvalue weighted by Gasteiger charge is -2.31. The van der Waals surface area contributed by atoms with E-state index in [9.17, 15) is 9.59 Å². The van der Waals surface area contributed by atoms with Gasteiger partial charge < -0.3 is 10.1 Å². The van der Waals surface area contributed by atoms with Crippen LogP contribution in [-0.4, -0.2) is 28.5 Å². The average Bonchev–Trinajstić information content (AvgIpc) is 2.66. The quantitative estimate of drug-likeness (QED) is 0.422. The van der Waals surface area contributed by atoms with Crippen molar-refractivity contribution in [1.82, 2.24) is 5.32 Å². The molecule has 6 nitrogen and oxygen atoms in total. The summed E-state index contributed by atoms with van der Waals surface area (Å²) in [5.41, 5.74) is 1.02. The van der Waals surface area contributed by atoms with Gasteiger partial charge in [-0.15, -0.1) is 0 Å². The summed E-state index contributed by atoms with van der Waals surface area (Å²) >= 11 is 8.41. The maximum atomic E-state index is 12.7. The Morgan fingerprint density at radius 3 is 2.41 bits per heavy atom. The van der Waals surface area contributed by atoms with E-state index in [1.165, 1.54) is 11.8 Å². The maximum Gasteiger partial charge on any atom is 0.413 e. The second-order valence-electron chi connectivity index (χ2n) is 8.61. The number of alkyl carbamates (subject to hydrolysis) is 1. The molecule has 0 aliphatic carbocycles. The minimum Gasteiger partial charge on any atom is -0.444 e. The monoisotopic (exact) mass is 581 g/mol. The number of carbonyl (C=O) groups excluding carboxylic acids is 2. The fourth-order valence-corrected chi connectivity index (χ4v) is 4.97. The van der Waals surface area contributed by atoms with Crippen molar-refractivity contribution in [2.45, 2.75) is 45.3 Å². The molecule has 32 heavy (non-hydrogen) atoms. The van der Waals surface area contributed by atoms with Crippen LogP contribution < -0.4 is 10.6 Å². The van der Waals surface area contributed by atoms with Gasteiger partial charge in [0.1, 0.15) is 5.60 Å². The number of thioether (sulfide) groups is 1. The predicted molar refractivity (Wildman–Crippen MR) is 137 cm³/mol. The molecule has 0 saturated carbocycles. The topological polar surface area (TPSA) is 79.8 Å². The van der Waals surface area contributed by atoms with Crippen molar-refractivity contribution < 1.29 is 14.3 Å². The number of nitrogens with one attached hydrogen (secondary N) is 2. The highest BCUT2D eigenvalue weighted by molar-refractivity contribution is 9.10. The van der Waals surface area contributed by atoms with Crippen LogP contribution in [0.4, 0.5) is 10.5 Å². The first-order valence-corrected chi connectivity index (χ1v) is 12.6. The molecule has 2 aromatic carbocycles. The van der Waals surface area contributed by atoms with Gasteiger partial charge in [-0.2, -0.15) is 0 Å². The average molecular weight is 583 g/mol. The molecule has 0 fully saturated rings. The molecule has 0 aromatic heterocycles. The van der Waals surface area contributed by atoms with Crippen molar-refractivity contribution in [3.63, 3.8) is 0 Å². The molecule has 2 aromatic rings. The van der Waals surface area contributed by atoms with Crippen molar-refractivity contribution in [3.05, 3.63) is 62.5 Å². The first-order valence-electron chi connectivity index (χ1n) is 10.0. The third-order valence-electron chi connectivity index (χ3n) is 4.67. The number of amides is 2. The summed E-state index contributed by atoms with van der Waals surface area (Å²) in [5, 5.41) is 6.23. The number of hydrogen-bond donors (Lipinski definition) is 2. The Kier molecular flexibility index (Phi) is 7.73. The Hall–Kier alpha value is -1.84. The van der Waals surface area contributed by atoms with E-state index < -0.39 is 17.2 Å². The van der Waals surface area contributed by atoms with E-state index in [4.69, 9.17) is 9.73 Å². The molecule has 170 valence electrons. The summed E-state index contributed by atoms with van der Waals surface area (Å²) in [6.07, 6.45) is 0.262. The fourth-order valence-electron chi connectivity index (χ4n) is 3.10. The van der Waals surface area contributed by atoms with Crippen LogP contribution in [-0.2, 0) is 10.3 Å². The smallest absolute Gasteiger partial charge is 0.413 e. The summed E-state index contributed by atoms with van der Waals surface area (Å²) in [6.45, 7) is 7.47. The number of hydrogen-bond acceptors (Lipinski definition) is 5. The van der Waals surface area contributed by atoms with Crippen LogP contribution >= 0.6 is 43.6 Å². The Morgan fingerprint density at radius 2 is 1.75 bits per heavy atom. The van der Waals surface area contributed by atoms with E-state index in [1.54, 1.807) is 12.1 Å². The number of anilines is 1. The Labute approximate surface area is 209 Å². The highest BCUT2D eigenvalue weighted by Gasteiger charge is 2.32. The van der Waals surface area contributed by atoms with E-state index in [0.717, 1.165) is 26.7 Å². The number of benzene rings is 2. The molecule has 1 aliphatic rings. The van der Waals surface area contributed by atoms with Gasteiger partial charge in [-0.3, -0.25) is 15.1 Å². The molecule has 2 amide bonds. The van der Waals surface area contributed by atoms with Crippen LogP contribution in [0.25, 0.3) is 0 Å². The highest BCUT2D eigenvalue weighted by Crippen LogP contribution is 2.38. The van der Waals surface area contributed by atoms with Crippen LogP contribution in [0.3, 0.4) is 0 Å². The standard InChI is InChI=1S/C23H25Br2N3O3S/c1-22(2,3)31-21(30)27-20-28-23(4,9-10-32-20)15-11-17(25)13-18(12-15)26-19(29)14-5-7-16(24)8-6-14/h5-8,11-13H,9-10H2,1-4H3,(H,26,29)(H,27,28,30). The largest absolute Gasteiger partial charge is 0.444 e. The summed E-state index contributed by atoms with van der Waals surface area (Å²) in [7, 11) is 0. The molecule has 0 saturated heterocycles. The number of rotatable bonds is 3. The van der Waals surface area contributed by atoms with Gasteiger partial charge in [-0.1, -0.05) is 43.6 Å². The van der Waals surface area contributed by atoms with Crippen LogP contribution in [0.1, 0.15) is 50.0 Å². The normalized spacial score (nSPS) is 18.5. The second kappa shape index (κ2) is 9.97. The summed E-state index contributed by atoms with van der Waals surface area (Å²) in [5.74, 6) is 0.597. The molecule has 1 atom stereocenters. The van der Waals surface area contributed by atoms with Crippen molar-refractivity contribution in [2.24, 2.45) is 4.99 Å². The van der Waals surface area contributed by atoms with Crippen molar-refractivity contribution >= 4 is 66.5 Å². The van der Waals surface area contributed by atoms with Gasteiger partial charge in [-0.25, -0.2) is 4.79 Å². The van der Waals surface area contributed by atoms with Crippen LogP contribution in [0.2, 0.25) is 0 Å². The summed E-state index contributed by atoms with van der Waals surface area (Å²) in [4.78, 5) is 29.6. The third-order valence-corrected chi connectivity index (χ3v) is 6.53. The molecule has 0 radical (unpaired) electrons. The lowest BCUT2D eigenvalue weighted by Crippen LogP contribution is -2.38. The van der Waals surface area contributed by atoms with Gasteiger partial charge in [0, 0.05) is 25.9 Å². The third kappa shape index (κ3) is 6.83. The van der Waals surface area contributed by atoms with Crippen molar-refractivity contribution in [3.8, 4) is 0 Å². The van der Waals surface area contributed by atoms with Gasteiger partial charge in [0.2, 0.25) is 0 Å². The molecule has 0 spiro atoms. The van der Waals surface area contributed by atoms with Crippen molar-refractivity contribution in [1.29, 1.82) is 0 Å². The Morgan fingerprint density at radius 1 is 1.06 bits per heavy atom. The first kappa shape index (κ1) is 24.8. The molecule has 1 unspecified atom stereocenters. The molecule has 9 heteroatoms. The number of nitrogens with zero attached hydrogens (tertiary/aromatic N) is 1. The molecule has 1 heterocycles. The number of amidine groups is 1. The number of ether oxygens (including phenoxy) is 1. The highest BCUT2D eigenvalue weighted by atomic mass is 79.9. The first-order chi connectivity index (χ1) is 14.9. The molecule has 0 bridgehead atoms. The molecular formula is C23H25Br2N3O3S. The number of carbonyl (C=O) groups is 2. The predicted octanol–water partition coefficient (Wildman–Crippen LogP) is 6.70. The van der Waals surface area contributed by atoms with Gasteiger partial charge >= 0.3 is 6.09 Å². The zero-order valence-electron chi connectivity index (χ0n) is 18.3. The lowest BCUT2D eigenvalue weighted by molar-refractivity contribution is 0.0564.